The topological polar surface area (TPSA) is 82.9 Å². The van der Waals surface area contributed by atoms with Crippen molar-refractivity contribution in [3.8, 4) is 0 Å². The van der Waals surface area contributed by atoms with Crippen molar-refractivity contribution in [2.45, 2.75) is 65.2 Å². The van der Waals surface area contributed by atoms with Crippen LogP contribution in [0.2, 0.25) is 0 Å². The minimum Gasteiger partial charge on any atom is -0.262 e. The van der Waals surface area contributed by atoms with Crippen LogP contribution in [-0.4, -0.2) is 23.2 Å². The second kappa shape index (κ2) is 8.06. The van der Waals surface area contributed by atoms with E-state index in [2.05, 4.69) is 34.9 Å². The molecule has 2 aliphatic carbocycles. The van der Waals surface area contributed by atoms with Gasteiger partial charge in [0.1, 0.15) is 0 Å². The Labute approximate surface area is 131 Å². The highest BCUT2D eigenvalue weighted by Gasteiger charge is 2.19. The Balaban J connectivity index is 1.83. The molecule has 6 nitrogen and oxygen atoms in total. The van der Waals surface area contributed by atoms with Crippen molar-refractivity contribution in [3.63, 3.8) is 0 Å². The van der Waals surface area contributed by atoms with Gasteiger partial charge < -0.3 is 0 Å². The van der Waals surface area contributed by atoms with Gasteiger partial charge in [0.15, 0.2) is 0 Å². The zero-order chi connectivity index (χ0) is 15.9. The number of carbonyl (C=O) groups is 2. The zero-order valence-electron chi connectivity index (χ0n) is 13.5. The van der Waals surface area contributed by atoms with Gasteiger partial charge in [-0.2, -0.15) is 10.2 Å². The van der Waals surface area contributed by atoms with E-state index in [0.29, 0.717) is 11.8 Å². The average Bonchev–Trinajstić information content (AvgIpc) is 2.52. The van der Waals surface area contributed by atoms with Gasteiger partial charge in [-0.25, -0.2) is 10.9 Å². The normalized spacial score (nSPS) is 29.4. The van der Waals surface area contributed by atoms with Gasteiger partial charge in [0.05, 0.1) is 0 Å². The molecule has 2 rings (SSSR count). The molecule has 0 heterocycles. The number of hydrogen-bond donors (Lipinski definition) is 2. The van der Waals surface area contributed by atoms with Crippen molar-refractivity contribution in [2.24, 2.45) is 22.0 Å². The number of rotatable bonds is 2. The summed E-state index contributed by atoms with van der Waals surface area (Å²) in [5, 5.41) is 8.21. The quantitative estimate of drug-likeness (QED) is 0.606. The Morgan fingerprint density at radius 1 is 0.818 bits per heavy atom. The summed E-state index contributed by atoms with van der Waals surface area (Å²) in [6, 6.07) is 0. The first kappa shape index (κ1) is 16.6. The fourth-order valence-electron chi connectivity index (χ4n) is 3.02. The molecule has 0 saturated heterocycles. The van der Waals surface area contributed by atoms with Crippen LogP contribution >= 0.6 is 0 Å². The van der Waals surface area contributed by atoms with Gasteiger partial charge in [0.25, 0.3) is 0 Å². The minimum absolute atomic E-state index is 0.375. The van der Waals surface area contributed by atoms with Crippen molar-refractivity contribution < 1.29 is 9.59 Å². The molecule has 0 aromatic carbocycles. The van der Waals surface area contributed by atoms with E-state index in [0.717, 1.165) is 49.9 Å². The highest BCUT2D eigenvalue weighted by Crippen LogP contribution is 2.21. The van der Waals surface area contributed by atoms with Crippen LogP contribution < -0.4 is 10.9 Å². The smallest absolute Gasteiger partial charge is 0.262 e. The van der Waals surface area contributed by atoms with Crippen LogP contribution in [0.15, 0.2) is 10.2 Å². The summed E-state index contributed by atoms with van der Waals surface area (Å²) in [4.78, 5) is 23.5. The number of hydrazone groups is 2. The van der Waals surface area contributed by atoms with Gasteiger partial charge in [-0.05, 0) is 50.4 Å². The van der Waals surface area contributed by atoms with Gasteiger partial charge in [0.2, 0.25) is 0 Å². The molecule has 0 aliphatic heterocycles. The maximum atomic E-state index is 11.7. The maximum absolute atomic E-state index is 11.7. The Morgan fingerprint density at radius 3 is 1.59 bits per heavy atom. The fourth-order valence-corrected chi connectivity index (χ4v) is 3.02. The maximum Gasteiger partial charge on any atom is 0.331 e. The van der Waals surface area contributed by atoms with Crippen LogP contribution in [0, 0.1) is 11.8 Å². The molecule has 2 N–H and O–H groups in total. The lowest BCUT2D eigenvalue weighted by atomic mass is 9.89. The Hall–Kier alpha value is -1.72. The van der Waals surface area contributed by atoms with Gasteiger partial charge >= 0.3 is 11.8 Å². The monoisotopic (exact) mass is 306 g/mol. The van der Waals surface area contributed by atoms with E-state index in [1.807, 2.05) is 0 Å². The van der Waals surface area contributed by atoms with Crippen LogP contribution in [0.1, 0.15) is 65.2 Å². The van der Waals surface area contributed by atoms with Gasteiger partial charge in [0, 0.05) is 11.4 Å². The lowest BCUT2D eigenvalue weighted by Crippen LogP contribution is -2.37. The predicted octanol–water partition coefficient (Wildman–Crippen LogP) is 2.35. The first-order valence-electron chi connectivity index (χ1n) is 8.31. The molecule has 0 radical (unpaired) electrons. The summed E-state index contributed by atoms with van der Waals surface area (Å²) >= 11 is 0. The summed E-state index contributed by atoms with van der Waals surface area (Å²) < 4.78 is 0. The lowest BCUT2D eigenvalue weighted by Gasteiger charge is -2.20. The Morgan fingerprint density at radius 2 is 1.23 bits per heavy atom. The summed E-state index contributed by atoms with van der Waals surface area (Å²) in [6.07, 6.45) is 8.55. The minimum atomic E-state index is -0.752. The van der Waals surface area contributed by atoms with Crippen LogP contribution in [0.3, 0.4) is 0 Å². The van der Waals surface area contributed by atoms with Gasteiger partial charge in [-0.15, -0.1) is 0 Å². The molecule has 2 unspecified atom stereocenters. The van der Waals surface area contributed by atoms with Crippen molar-refractivity contribution in [1.29, 1.82) is 0 Å². The van der Waals surface area contributed by atoms with E-state index in [4.69, 9.17) is 0 Å². The molecule has 0 spiro atoms. The Kier molecular flexibility index (Phi) is 6.10. The summed E-state index contributed by atoms with van der Waals surface area (Å²) in [5.74, 6) is -0.753. The van der Waals surface area contributed by atoms with Crippen molar-refractivity contribution in [2.75, 3.05) is 0 Å². The highest BCUT2D eigenvalue weighted by molar-refractivity contribution is 6.35. The first-order chi connectivity index (χ1) is 10.6. The molecular formula is C16H26N4O2. The molecule has 6 heteroatoms. The second-order valence-electron chi connectivity index (χ2n) is 6.38. The molecule has 2 fully saturated rings. The summed E-state index contributed by atoms with van der Waals surface area (Å²) in [6.45, 7) is 4.20. The van der Waals surface area contributed by atoms with Crippen LogP contribution in [0.5, 0.6) is 0 Å². The zero-order valence-corrected chi connectivity index (χ0v) is 13.5. The SMILES string of the molecule is CC1CCCC/C1=N/NC(=O)C(=O)N/N=C1/CCCCC1C. The molecule has 22 heavy (non-hydrogen) atoms. The first-order valence-corrected chi connectivity index (χ1v) is 8.31. The number of amides is 2. The molecule has 0 aromatic heterocycles. The van der Waals surface area contributed by atoms with Crippen molar-refractivity contribution in [3.05, 3.63) is 0 Å². The molecule has 0 bridgehead atoms. The van der Waals surface area contributed by atoms with Crippen LogP contribution in [-0.2, 0) is 9.59 Å². The van der Waals surface area contributed by atoms with Gasteiger partial charge in [-0.3, -0.25) is 9.59 Å². The third-order valence-electron chi connectivity index (χ3n) is 4.59. The molecule has 2 atom stereocenters. The van der Waals surface area contributed by atoms with E-state index >= 15 is 0 Å². The van der Waals surface area contributed by atoms with E-state index in [9.17, 15) is 9.59 Å². The third kappa shape index (κ3) is 4.64. The fraction of sp³-hybridized carbons (Fsp3) is 0.750. The van der Waals surface area contributed by atoms with Crippen LogP contribution in [0.25, 0.3) is 0 Å². The number of nitrogens with one attached hydrogen (secondary N) is 2. The molecule has 2 amide bonds. The Bertz CT molecular complexity index is 441. The molecular weight excluding hydrogens is 280 g/mol. The predicted molar refractivity (Wildman–Crippen MR) is 86.4 cm³/mol. The molecule has 2 aliphatic rings. The van der Waals surface area contributed by atoms with Crippen molar-refractivity contribution in [1.82, 2.24) is 10.9 Å². The summed E-state index contributed by atoms with van der Waals surface area (Å²) in [5.41, 5.74) is 6.64. The largest absolute Gasteiger partial charge is 0.331 e. The number of nitrogens with zero attached hydrogens (tertiary/aromatic N) is 2. The molecule has 0 aromatic rings. The molecule has 2 saturated carbocycles. The molecule has 122 valence electrons. The average molecular weight is 306 g/mol. The number of hydrogen-bond acceptors (Lipinski definition) is 4. The van der Waals surface area contributed by atoms with E-state index in [-0.39, 0.29) is 0 Å². The number of carbonyl (C=O) groups excluding carboxylic acids is 2. The second-order valence-corrected chi connectivity index (χ2v) is 6.38. The van der Waals surface area contributed by atoms with Crippen LogP contribution in [0.4, 0.5) is 0 Å². The summed E-state index contributed by atoms with van der Waals surface area (Å²) in [7, 11) is 0. The van der Waals surface area contributed by atoms with E-state index in [1.54, 1.807) is 0 Å². The standard InChI is InChI=1S/C16H26N4O2/c1-11-7-3-5-9-13(11)17-19-15(21)16(22)20-18-14-10-6-4-8-12(14)2/h11-12H,3-10H2,1-2H3,(H,19,21)(H,20,22)/b17-13-,18-14-. The van der Waals surface area contributed by atoms with E-state index in [1.165, 1.54) is 12.8 Å². The van der Waals surface area contributed by atoms with Gasteiger partial charge in [-0.1, -0.05) is 26.7 Å². The van der Waals surface area contributed by atoms with Crippen molar-refractivity contribution >= 4 is 23.2 Å². The lowest BCUT2D eigenvalue weighted by molar-refractivity contribution is -0.139. The third-order valence-corrected chi connectivity index (χ3v) is 4.59. The van der Waals surface area contributed by atoms with E-state index < -0.39 is 11.8 Å². The highest BCUT2D eigenvalue weighted by atomic mass is 16.2.